The molecule has 0 heterocycles. The predicted molar refractivity (Wildman–Crippen MR) is 96.4 cm³/mol. The summed E-state index contributed by atoms with van der Waals surface area (Å²) in [5, 5.41) is 11.4. The van der Waals surface area contributed by atoms with E-state index in [4.69, 9.17) is 9.84 Å². The number of aliphatic carboxylic acids is 1. The van der Waals surface area contributed by atoms with Crippen LogP contribution in [0.1, 0.15) is 31.2 Å². The molecule has 1 amide bonds. The molecule has 2 aromatic carbocycles. The molecule has 0 aromatic heterocycles. The molecule has 0 saturated carbocycles. The number of ether oxygens (including phenoxy) is 1. The van der Waals surface area contributed by atoms with Gasteiger partial charge in [0.25, 0.3) is 0 Å². The van der Waals surface area contributed by atoms with E-state index in [2.05, 4.69) is 5.32 Å². The minimum absolute atomic E-state index is 0.0513. The molecule has 2 rings (SSSR count). The van der Waals surface area contributed by atoms with Crippen molar-refractivity contribution < 1.29 is 19.4 Å². The van der Waals surface area contributed by atoms with Gasteiger partial charge in [0.05, 0.1) is 7.11 Å². The summed E-state index contributed by atoms with van der Waals surface area (Å²) in [6.45, 7) is 0.473. The van der Waals surface area contributed by atoms with E-state index in [9.17, 15) is 9.59 Å². The second-order valence-corrected chi connectivity index (χ2v) is 5.80. The summed E-state index contributed by atoms with van der Waals surface area (Å²) in [7, 11) is 1.64. The van der Waals surface area contributed by atoms with Crippen LogP contribution in [0.25, 0.3) is 11.1 Å². The van der Waals surface area contributed by atoms with Crippen LogP contribution in [0, 0.1) is 0 Å². The van der Waals surface area contributed by atoms with Crippen molar-refractivity contribution in [3.05, 3.63) is 54.1 Å². The average Bonchev–Trinajstić information content (AvgIpc) is 2.64. The number of methoxy groups -OCH3 is 1. The number of unbranched alkanes of at least 4 members (excludes halogenated alkanes) is 1. The van der Waals surface area contributed by atoms with Crippen LogP contribution in [0.4, 0.5) is 0 Å². The van der Waals surface area contributed by atoms with Gasteiger partial charge in [0.1, 0.15) is 5.75 Å². The molecule has 5 heteroatoms. The number of carbonyl (C=O) groups excluding carboxylic acids is 1. The van der Waals surface area contributed by atoms with Gasteiger partial charge in [0.15, 0.2) is 0 Å². The van der Waals surface area contributed by atoms with Crippen molar-refractivity contribution in [2.24, 2.45) is 0 Å². The topological polar surface area (TPSA) is 75.6 Å². The highest BCUT2D eigenvalue weighted by Crippen LogP contribution is 2.22. The number of carbonyl (C=O) groups is 2. The van der Waals surface area contributed by atoms with Crippen LogP contribution in [0.3, 0.4) is 0 Å². The molecule has 0 aliphatic carbocycles. The molecule has 0 fully saturated rings. The SMILES string of the molecule is COc1ccc(-c2ccc(CNC(=O)CCCCC(=O)O)cc2)cc1. The van der Waals surface area contributed by atoms with Crippen LogP contribution in [0.2, 0.25) is 0 Å². The zero-order chi connectivity index (χ0) is 18.1. The van der Waals surface area contributed by atoms with Crippen LogP contribution in [0.5, 0.6) is 5.75 Å². The Morgan fingerprint density at radius 2 is 1.48 bits per heavy atom. The minimum atomic E-state index is -0.822. The number of carboxylic acids is 1. The van der Waals surface area contributed by atoms with Gasteiger partial charge in [-0.3, -0.25) is 9.59 Å². The number of benzene rings is 2. The highest BCUT2D eigenvalue weighted by Gasteiger charge is 2.04. The second-order valence-electron chi connectivity index (χ2n) is 5.80. The van der Waals surface area contributed by atoms with Crippen molar-refractivity contribution in [3.8, 4) is 16.9 Å². The van der Waals surface area contributed by atoms with Crippen molar-refractivity contribution >= 4 is 11.9 Å². The number of nitrogens with one attached hydrogen (secondary N) is 1. The summed E-state index contributed by atoms with van der Waals surface area (Å²) in [4.78, 5) is 22.1. The minimum Gasteiger partial charge on any atom is -0.497 e. The summed E-state index contributed by atoms with van der Waals surface area (Å²) >= 11 is 0. The molecule has 0 saturated heterocycles. The van der Waals surface area contributed by atoms with Gasteiger partial charge in [-0.1, -0.05) is 36.4 Å². The lowest BCUT2D eigenvalue weighted by Crippen LogP contribution is -2.22. The van der Waals surface area contributed by atoms with Crippen molar-refractivity contribution in [3.63, 3.8) is 0 Å². The van der Waals surface area contributed by atoms with Gasteiger partial charge in [0.2, 0.25) is 5.91 Å². The zero-order valence-electron chi connectivity index (χ0n) is 14.3. The predicted octanol–water partition coefficient (Wildman–Crippen LogP) is 3.62. The van der Waals surface area contributed by atoms with Gasteiger partial charge < -0.3 is 15.2 Å². The lowest BCUT2D eigenvalue weighted by atomic mass is 10.0. The third kappa shape index (κ3) is 6.30. The molecule has 0 aliphatic heterocycles. The van der Waals surface area contributed by atoms with E-state index in [1.807, 2.05) is 48.5 Å². The molecular weight excluding hydrogens is 318 g/mol. The number of carboxylic acid groups (broad SMARTS) is 1. The molecule has 0 aliphatic rings. The molecule has 0 unspecified atom stereocenters. The zero-order valence-corrected chi connectivity index (χ0v) is 14.3. The van der Waals surface area contributed by atoms with E-state index in [1.165, 1.54) is 0 Å². The Morgan fingerprint density at radius 1 is 0.920 bits per heavy atom. The van der Waals surface area contributed by atoms with Crippen LogP contribution >= 0.6 is 0 Å². The summed E-state index contributed by atoms with van der Waals surface area (Å²) in [6, 6.07) is 15.9. The first-order chi connectivity index (χ1) is 12.1. The Balaban J connectivity index is 1.79. The average molecular weight is 341 g/mol. The smallest absolute Gasteiger partial charge is 0.303 e. The van der Waals surface area contributed by atoms with Crippen molar-refractivity contribution in [2.75, 3.05) is 7.11 Å². The van der Waals surface area contributed by atoms with E-state index in [-0.39, 0.29) is 12.3 Å². The summed E-state index contributed by atoms with van der Waals surface area (Å²) < 4.78 is 5.16. The molecule has 0 radical (unpaired) electrons. The number of hydrogen-bond acceptors (Lipinski definition) is 3. The van der Waals surface area contributed by atoms with Gasteiger partial charge in [-0.25, -0.2) is 0 Å². The van der Waals surface area contributed by atoms with Crippen molar-refractivity contribution in [2.45, 2.75) is 32.2 Å². The lowest BCUT2D eigenvalue weighted by Gasteiger charge is -2.07. The third-order valence-electron chi connectivity index (χ3n) is 3.91. The molecule has 25 heavy (non-hydrogen) atoms. The van der Waals surface area contributed by atoms with Gasteiger partial charge in [-0.2, -0.15) is 0 Å². The Kier molecular flexibility index (Phi) is 7.01. The first-order valence-electron chi connectivity index (χ1n) is 8.30. The van der Waals surface area contributed by atoms with E-state index >= 15 is 0 Å². The van der Waals surface area contributed by atoms with Gasteiger partial charge in [-0.15, -0.1) is 0 Å². The largest absolute Gasteiger partial charge is 0.497 e. The standard InChI is InChI=1S/C20H23NO4/c1-25-18-12-10-17(11-13-18)16-8-6-15(7-9-16)14-21-19(22)4-2-3-5-20(23)24/h6-13H,2-5,14H2,1H3,(H,21,22)(H,23,24). The number of hydrogen-bond donors (Lipinski definition) is 2. The van der Waals surface area contributed by atoms with Crippen LogP contribution in [-0.2, 0) is 16.1 Å². The fourth-order valence-corrected chi connectivity index (χ4v) is 2.45. The summed E-state index contributed by atoms with van der Waals surface area (Å²) in [5.74, 6) is -0.0478. The van der Waals surface area contributed by atoms with E-state index in [0.717, 1.165) is 22.4 Å². The lowest BCUT2D eigenvalue weighted by molar-refractivity contribution is -0.137. The maximum Gasteiger partial charge on any atom is 0.303 e. The molecule has 2 aromatic rings. The Hall–Kier alpha value is -2.82. The highest BCUT2D eigenvalue weighted by atomic mass is 16.5. The maximum absolute atomic E-state index is 11.7. The third-order valence-corrected chi connectivity index (χ3v) is 3.91. The molecule has 0 bridgehead atoms. The molecule has 0 spiro atoms. The van der Waals surface area contributed by atoms with Gasteiger partial charge in [0, 0.05) is 19.4 Å². The summed E-state index contributed by atoms with van der Waals surface area (Å²) in [5.41, 5.74) is 3.23. The normalized spacial score (nSPS) is 10.3. The highest BCUT2D eigenvalue weighted by molar-refractivity contribution is 5.76. The Morgan fingerprint density at radius 3 is 2.04 bits per heavy atom. The van der Waals surface area contributed by atoms with Crippen LogP contribution in [-0.4, -0.2) is 24.1 Å². The van der Waals surface area contributed by atoms with Crippen LogP contribution in [0.15, 0.2) is 48.5 Å². The quantitative estimate of drug-likeness (QED) is 0.683. The first-order valence-corrected chi connectivity index (χ1v) is 8.30. The van der Waals surface area contributed by atoms with E-state index < -0.39 is 5.97 Å². The number of rotatable bonds is 9. The molecule has 5 nitrogen and oxygen atoms in total. The number of amides is 1. The summed E-state index contributed by atoms with van der Waals surface area (Å²) in [6.07, 6.45) is 1.59. The van der Waals surface area contributed by atoms with Crippen LogP contribution < -0.4 is 10.1 Å². The molecule has 2 N–H and O–H groups in total. The van der Waals surface area contributed by atoms with E-state index in [1.54, 1.807) is 7.11 Å². The fraction of sp³-hybridized carbons (Fsp3) is 0.300. The maximum atomic E-state index is 11.7. The fourth-order valence-electron chi connectivity index (χ4n) is 2.45. The first kappa shape index (κ1) is 18.5. The Labute approximate surface area is 147 Å². The van der Waals surface area contributed by atoms with Crippen molar-refractivity contribution in [1.82, 2.24) is 5.32 Å². The monoisotopic (exact) mass is 341 g/mol. The molecule has 132 valence electrons. The second kappa shape index (κ2) is 9.47. The molecule has 0 atom stereocenters. The van der Waals surface area contributed by atoms with Gasteiger partial charge >= 0.3 is 5.97 Å². The molecular formula is C20H23NO4. The Bertz CT molecular complexity index is 693. The van der Waals surface area contributed by atoms with Gasteiger partial charge in [-0.05, 0) is 41.7 Å². The van der Waals surface area contributed by atoms with E-state index in [0.29, 0.717) is 25.8 Å². The van der Waals surface area contributed by atoms with Crippen molar-refractivity contribution in [1.29, 1.82) is 0 Å².